The molecule has 1 aliphatic rings. The molecule has 0 radical (unpaired) electrons. The average Bonchev–Trinajstić information content (AvgIpc) is 3.16. The standard InChI is InChI=1S/C18H20N2O4/c1-22-15-7-6-14(20-18(21)16-5-3-9-23-16)10-17(15)24-12-13-4-2-8-19-11-13/h2,4,6-8,10-11,16H,3,5,9,12H2,1H3,(H,20,21)/t16-/m1/s1. The number of rotatable bonds is 6. The van der Waals surface area contributed by atoms with Gasteiger partial charge in [0.1, 0.15) is 12.7 Å². The lowest BCUT2D eigenvalue weighted by Crippen LogP contribution is -2.26. The first kappa shape index (κ1) is 16.3. The molecule has 1 atom stereocenters. The van der Waals surface area contributed by atoms with Gasteiger partial charge in [0.25, 0.3) is 5.91 Å². The molecule has 6 heteroatoms. The lowest BCUT2D eigenvalue weighted by Gasteiger charge is -2.14. The molecule has 1 aromatic heterocycles. The topological polar surface area (TPSA) is 69.7 Å². The Labute approximate surface area is 140 Å². The number of ether oxygens (including phenoxy) is 3. The second-order valence-corrected chi connectivity index (χ2v) is 5.51. The van der Waals surface area contributed by atoms with Gasteiger partial charge in [-0.15, -0.1) is 0 Å². The highest BCUT2D eigenvalue weighted by Crippen LogP contribution is 2.31. The molecular weight excluding hydrogens is 308 g/mol. The van der Waals surface area contributed by atoms with Crippen molar-refractivity contribution in [2.45, 2.75) is 25.6 Å². The molecule has 2 heterocycles. The van der Waals surface area contributed by atoms with Crippen molar-refractivity contribution in [3.05, 3.63) is 48.3 Å². The van der Waals surface area contributed by atoms with E-state index in [-0.39, 0.29) is 12.0 Å². The van der Waals surface area contributed by atoms with Crippen molar-refractivity contribution in [3.63, 3.8) is 0 Å². The summed E-state index contributed by atoms with van der Waals surface area (Å²) in [4.78, 5) is 16.2. The van der Waals surface area contributed by atoms with Crippen LogP contribution in [0.15, 0.2) is 42.7 Å². The van der Waals surface area contributed by atoms with Crippen LogP contribution in [0.25, 0.3) is 0 Å². The Hall–Kier alpha value is -2.60. The Kier molecular flexibility index (Phi) is 5.28. The predicted octanol–water partition coefficient (Wildman–Crippen LogP) is 2.79. The van der Waals surface area contributed by atoms with E-state index >= 15 is 0 Å². The number of hydrogen-bond donors (Lipinski definition) is 1. The second kappa shape index (κ2) is 7.79. The highest BCUT2D eigenvalue weighted by atomic mass is 16.5. The van der Waals surface area contributed by atoms with E-state index in [9.17, 15) is 4.79 Å². The van der Waals surface area contributed by atoms with Gasteiger partial charge in [0.2, 0.25) is 0 Å². The van der Waals surface area contributed by atoms with Gasteiger partial charge in [0, 0.05) is 36.3 Å². The van der Waals surface area contributed by atoms with Crippen molar-refractivity contribution in [2.75, 3.05) is 19.0 Å². The van der Waals surface area contributed by atoms with Crippen LogP contribution in [-0.2, 0) is 16.1 Å². The maximum atomic E-state index is 12.1. The molecule has 3 rings (SSSR count). The number of amides is 1. The summed E-state index contributed by atoms with van der Waals surface area (Å²) >= 11 is 0. The van der Waals surface area contributed by atoms with Crippen LogP contribution < -0.4 is 14.8 Å². The van der Waals surface area contributed by atoms with E-state index in [1.165, 1.54) is 0 Å². The smallest absolute Gasteiger partial charge is 0.253 e. The summed E-state index contributed by atoms with van der Waals surface area (Å²) in [5.74, 6) is 1.04. The lowest BCUT2D eigenvalue weighted by molar-refractivity contribution is -0.124. The van der Waals surface area contributed by atoms with E-state index in [1.807, 2.05) is 12.1 Å². The Morgan fingerprint density at radius 3 is 3.00 bits per heavy atom. The summed E-state index contributed by atoms with van der Waals surface area (Å²) in [6.45, 7) is 1.01. The van der Waals surface area contributed by atoms with Crippen LogP contribution in [0.2, 0.25) is 0 Å². The maximum absolute atomic E-state index is 12.1. The van der Waals surface area contributed by atoms with Gasteiger partial charge in [0.05, 0.1) is 7.11 Å². The van der Waals surface area contributed by atoms with Crippen LogP contribution in [-0.4, -0.2) is 30.7 Å². The van der Waals surface area contributed by atoms with Gasteiger partial charge >= 0.3 is 0 Å². The number of aromatic nitrogens is 1. The molecule has 2 aromatic rings. The molecule has 6 nitrogen and oxygen atoms in total. The minimum atomic E-state index is -0.369. The number of carbonyl (C=O) groups excluding carboxylic acids is 1. The summed E-state index contributed by atoms with van der Waals surface area (Å²) in [6, 6.07) is 9.09. The van der Waals surface area contributed by atoms with Gasteiger partial charge in [-0.05, 0) is 31.0 Å². The zero-order chi connectivity index (χ0) is 16.8. The van der Waals surface area contributed by atoms with Gasteiger partial charge in [-0.1, -0.05) is 6.07 Å². The SMILES string of the molecule is COc1ccc(NC(=O)[C@H]2CCCO2)cc1OCc1cccnc1. The molecule has 126 valence electrons. The van der Waals surface area contributed by atoms with Gasteiger partial charge in [-0.2, -0.15) is 0 Å². The highest BCUT2D eigenvalue weighted by Gasteiger charge is 2.23. The number of hydrogen-bond acceptors (Lipinski definition) is 5. The monoisotopic (exact) mass is 328 g/mol. The van der Waals surface area contributed by atoms with E-state index in [2.05, 4.69) is 10.3 Å². The van der Waals surface area contributed by atoms with Crippen LogP contribution in [0.5, 0.6) is 11.5 Å². The largest absolute Gasteiger partial charge is 0.493 e. The van der Waals surface area contributed by atoms with Gasteiger partial charge in [-0.25, -0.2) is 0 Å². The van der Waals surface area contributed by atoms with Crippen LogP contribution in [0.4, 0.5) is 5.69 Å². The van der Waals surface area contributed by atoms with Gasteiger partial charge < -0.3 is 19.5 Å². The van der Waals surface area contributed by atoms with Crippen molar-refractivity contribution in [2.24, 2.45) is 0 Å². The third-order valence-electron chi connectivity index (χ3n) is 3.77. The molecule has 0 saturated carbocycles. The summed E-state index contributed by atoms with van der Waals surface area (Å²) in [5, 5.41) is 2.86. The van der Waals surface area contributed by atoms with E-state index < -0.39 is 0 Å². The number of methoxy groups -OCH3 is 1. The zero-order valence-corrected chi connectivity index (χ0v) is 13.5. The van der Waals surface area contributed by atoms with Gasteiger partial charge in [0.15, 0.2) is 11.5 Å². The normalized spacial score (nSPS) is 16.6. The van der Waals surface area contributed by atoms with Crippen LogP contribution in [0.3, 0.4) is 0 Å². The molecular formula is C18H20N2O4. The predicted molar refractivity (Wildman–Crippen MR) is 89.2 cm³/mol. The quantitative estimate of drug-likeness (QED) is 0.883. The molecule has 24 heavy (non-hydrogen) atoms. The molecule has 1 saturated heterocycles. The molecule has 0 spiro atoms. The Morgan fingerprint density at radius 1 is 1.38 bits per heavy atom. The van der Waals surface area contributed by atoms with E-state index in [0.29, 0.717) is 30.4 Å². The number of pyridine rings is 1. The molecule has 1 amide bonds. The molecule has 1 N–H and O–H groups in total. The number of carbonyl (C=O) groups is 1. The minimum Gasteiger partial charge on any atom is -0.493 e. The second-order valence-electron chi connectivity index (χ2n) is 5.51. The zero-order valence-electron chi connectivity index (χ0n) is 13.5. The summed E-state index contributed by atoms with van der Waals surface area (Å²) in [7, 11) is 1.58. The van der Waals surface area contributed by atoms with Crippen molar-refractivity contribution < 1.29 is 19.0 Å². The summed E-state index contributed by atoms with van der Waals surface area (Å²) < 4.78 is 16.5. The fourth-order valence-electron chi connectivity index (χ4n) is 2.52. The van der Waals surface area contributed by atoms with Crippen LogP contribution >= 0.6 is 0 Å². The molecule has 1 aliphatic heterocycles. The van der Waals surface area contributed by atoms with Crippen molar-refractivity contribution >= 4 is 11.6 Å². The molecule has 1 fully saturated rings. The first-order valence-electron chi connectivity index (χ1n) is 7.88. The van der Waals surface area contributed by atoms with Crippen molar-refractivity contribution in [3.8, 4) is 11.5 Å². The summed E-state index contributed by atoms with van der Waals surface area (Å²) in [5.41, 5.74) is 1.60. The van der Waals surface area contributed by atoms with Crippen molar-refractivity contribution in [1.29, 1.82) is 0 Å². The highest BCUT2D eigenvalue weighted by molar-refractivity contribution is 5.94. The maximum Gasteiger partial charge on any atom is 0.253 e. The first-order chi connectivity index (χ1) is 11.8. The van der Waals surface area contributed by atoms with E-state index in [0.717, 1.165) is 18.4 Å². The molecule has 1 aromatic carbocycles. The van der Waals surface area contributed by atoms with E-state index in [1.54, 1.807) is 37.7 Å². The van der Waals surface area contributed by atoms with Crippen molar-refractivity contribution in [1.82, 2.24) is 4.98 Å². The minimum absolute atomic E-state index is 0.129. The van der Waals surface area contributed by atoms with Gasteiger partial charge in [-0.3, -0.25) is 9.78 Å². The van der Waals surface area contributed by atoms with E-state index in [4.69, 9.17) is 14.2 Å². The Balaban J connectivity index is 1.69. The molecule has 0 bridgehead atoms. The fourth-order valence-corrected chi connectivity index (χ4v) is 2.52. The average molecular weight is 328 g/mol. The number of benzene rings is 1. The summed E-state index contributed by atoms with van der Waals surface area (Å²) in [6.07, 6.45) is 4.76. The fraction of sp³-hybridized carbons (Fsp3) is 0.333. The number of nitrogens with one attached hydrogen (secondary N) is 1. The lowest BCUT2D eigenvalue weighted by atomic mass is 10.2. The van der Waals surface area contributed by atoms with Crippen LogP contribution in [0, 0.1) is 0 Å². The number of nitrogens with zero attached hydrogens (tertiary/aromatic N) is 1. The number of anilines is 1. The molecule has 0 unspecified atom stereocenters. The Bertz CT molecular complexity index is 685. The third-order valence-corrected chi connectivity index (χ3v) is 3.77. The third kappa shape index (κ3) is 4.02. The Morgan fingerprint density at radius 2 is 2.29 bits per heavy atom. The van der Waals surface area contributed by atoms with Crippen LogP contribution in [0.1, 0.15) is 18.4 Å². The molecule has 0 aliphatic carbocycles. The first-order valence-corrected chi connectivity index (χ1v) is 7.88.